The van der Waals surface area contributed by atoms with Gasteiger partial charge in [0.15, 0.2) is 11.2 Å². The third-order valence-corrected chi connectivity index (χ3v) is 3.79. The Balaban J connectivity index is 2.06. The van der Waals surface area contributed by atoms with E-state index in [2.05, 4.69) is 20.3 Å². The molecule has 0 radical (unpaired) electrons. The average molecular weight is 322 g/mol. The lowest BCUT2D eigenvalue weighted by atomic mass is 10.3. The second-order valence-electron chi connectivity index (χ2n) is 4.01. The van der Waals surface area contributed by atoms with E-state index in [-0.39, 0.29) is 5.75 Å². The minimum absolute atomic E-state index is 0.101. The van der Waals surface area contributed by atoms with E-state index in [4.69, 9.17) is 16.7 Å². The fourth-order valence-corrected chi connectivity index (χ4v) is 2.58. The van der Waals surface area contributed by atoms with Crippen molar-refractivity contribution in [1.82, 2.24) is 25.0 Å². The van der Waals surface area contributed by atoms with Crippen LogP contribution >= 0.6 is 23.4 Å². The maximum Gasteiger partial charge on any atom is 0.313 e. The summed E-state index contributed by atoms with van der Waals surface area (Å²) in [6.07, 6.45) is 1.36. The monoisotopic (exact) mass is 321 g/mol. The molecular formula is C12H8ClN5O2S. The van der Waals surface area contributed by atoms with Crippen LogP contribution in [0.25, 0.3) is 16.9 Å². The van der Waals surface area contributed by atoms with Gasteiger partial charge >= 0.3 is 5.97 Å². The van der Waals surface area contributed by atoms with Crippen LogP contribution in [-0.4, -0.2) is 41.8 Å². The van der Waals surface area contributed by atoms with Crippen molar-refractivity contribution in [2.24, 2.45) is 0 Å². The van der Waals surface area contributed by atoms with E-state index in [9.17, 15) is 4.79 Å². The Morgan fingerprint density at radius 2 is 2.24 bits per heavy atom. The van der Waals surface area contributed by atoms with Crippen molar-refractivity contribution in [3.63, 3.8) is 0 Å². The molecule has 3 rings (SSSR count). The van der Waals surface area contributed by atoms with E-state index in [0.717, 1.165) is 17.4 Å². The number of rotatable bonds is 4. The summed E-state index contributed by atoms with van der Waals surface area (Å²) in [5.41, 5.74) is 1.68. The number of carbonyl (C=O) groups is 1. The first-order valence-electron chi connectivity index (χ1n) is 5.82. The zero-order chi connectivity index (χ0) is 14.8. The van der Waals surface area contributed by atoms with Gasteiger partial charge in [0.2, 0.25) is 0 Å². The van der Waals surface area contributed by atoms with E-state index in [1.807, 2.05) is 6.07 Å². The van der Waals surface area contributed by atoms with Gasteiger partial charge in [-0.3, -0.25) is 4.79 Å². The van der Waals surface area contributed by atoms with Crippen LogP contribution in [0, 0.1) is 0 Å². The normalized spacial score (nSPS) is 10.9. The van der Waals surface area contributed by atoms with Gasteiger partial charge in [0.25, 0.3) is 0 Å². The second-order valence-corrected chi connectivity index (χ2v) is 5.42. The van der Waals surface area contributed by atoms with Gasteiger partial charge in [0.05, 0.1) is 11.4 Å². The summed E-state index contributed by atoms with van der Waals surface area (Å²) in [4.78, 5) is 18.9. The van der Waals surface area contributed by atoms with E-state index in [0.29, 0.717) is 21.2 Å². The molecule has 0 saturated carbocycles. The smallest absolute Gasteiger partial charge is 0.313 e. The largest absolute Gasteiger partial charge is 0.481 e. The van der Waals surface area contributed by atoms with E-state index < -0.39 is 5.97 Å². The summed E-state index contributed by atoms with van der Waals surface area (Å²) in [6, 6.07) is 7.12. The lowest BCUT2D eigenvalue weighted by molar-refractivity contribution is -0.133. The molecule has 1 aromatic carbocycles. The molecule has 0 aliphatic rings. The summed E-state index contributed by atoms with van der Waals surface area (Å²) >= 11 is 7.04. The molecule has 7 nitrogen and oxygen atoms in total. The minimum Gasteiger partial charge on any atom is -0.481 e. The molecule has 0 bridgehead atoms. The number of hydrogen-bond acceptors (Lipinski definition) is 6. The number of thioether (sulfide) groups is 1. The van der Waals surface area contributed by atoms with Gasteiger partial charge in [-0.2, -0.15) is 4.68 Å². The topological polar surface area (TPSA) is 93.8 Å². The Hall–Kier alpha value is -2.19. The van der Waals surface area contributed by atoms with Gasteiger partial charge in [-0.15, -0.1) is 5.10 Å². The van der Waals surface area contributed by atoms with Crippen molar-refractivity contribution < 1.29 is 9.90 Å². The molecule has 3 aromatic rings. The number of carboxylic acids is 1. The predicted octanol–water partition coefficient (Wildman–Crippen LogP) is 2.04. The lowest BCUT2D eigenvalue weighted by Crippen LogP contribution is -2.00. The van der Waals surface area contributed by atoms with Gasteiger partial charge in [0, 0.05) is 5.02 Å². The van der Waals surface area contributed by atoms with Crippen LogP contribution in [0.2, 0.25) is 5.02 Å². The molecule has 0 aliphatic heterocycles. The number of halogens is 1. The summed E-state index contributed by atoms with van der Waals surface area (Å²) in [5.74, 6) is -1.02. The van der Waals surface area contributed by atoms with E-state index >= 15 is 0 Å². The molecule has 0 unspecified atom stereocenters. The number of carboxylic acid groups (broad SMARTS) is 1. The molecule has 0 amide bonds. The van der Waals surface area contributed by atoms with E-state index in [1.54, 1.807) is 18.2 Å². The number of hydrogen-bond donors (Lipinski definition) is 1. The van der Waals surface area contributed by atoms with E-state index in [1.165, 1.54) is 11.0 Å². The summed E-state index contributed by atoms with van der Waals surface area (Å²) in [5, 5.41) is 17.9. The maximum atomic E-state index is 10.7. The molecule has 0 fully saturated rings. The lowest BCUT2D eigenvalue weighted by Gasteiger charge is -2.02. The number of aromatic nitrogens is 5. The van der Waals surface area contributed by atoms with Crippen molar-refractivity contribution in [1.29, 1.82) is 0 Å². The Morgan fingerprint density at radius 1 is 1.38 bits per heavy atom. The molecule has 1 N–H and O–H groups in total. The molecule has 2 aromatic heterocycles. The van der Waals surface area contributed by atoms with Crippen LogP contribution in [0.1, 0.15) is 0 Å². The average Bonchev–Trinajstić information content (AvgIpc) is 2.89. The van der Waals surface area contributed by atoms with Crippen LogP contribution in [-0.2, 0) is 4.79 Å². The highest BCUT2D eigenvalue weighted by Crippen LogP contribution is 2.24. The molecule has 2 heterocycles. The summed E-state index contributed by atoms with van der Waals surface area (Å²) < 4.78 is 1.54. The van der Waals surface area contributed by atoms with Gasteiger partial charge < -0.3 is 5.11 Å². The van der Waals surface area contributed by atoms with Gasteiger partial charge in [0.1, 0.15) is 11.4 Å². The summed E-state index contributed by atoms with van der Waals surface area (Å²) in [6.45, 7) is 0. The third-order valence-electron chi connectivity index (χ3n) is 2.59. The zero-order valence-corrected chi connectivity index (χ0v) is 12.0. The first-order chi connectivity index (χ1) is 10.1. The van der Waals surface area contributed by atoms with Crippen LogP contribution < -0.4 is 0 Å². The molecule has 21 heavy (non-hydrogen) atoms. The number of benzene rings is 1. The highest BCUT2D eigenvalue weighted by Gasteiger charge is 2.14. The van der Waals surface area contributed by atoms with Crippen LogP contribution in [0.5, 0.6) is 0 Å². The highest BCUT2D eigenvalue weighted by molar-refractivity contribution is 8.00. The Labute approximate surface area is 128 Å². The zero-order valence-electron chi connectivity index (χ0n) is 10.5. The highest BCUT2D eigenvalue weighted by atomic mass is 35.5. The first-order valence-corrected chi connectivity index (χ1v) is 7.18. The molecule has 0 saturated heterocycles. The Morgan fingerprint density at radius 3 is 3.00 bits per heavy atom. The van der Waals surface area contributed by atoms with Crippen molar-refractivity contribution >= 4 is 40.5 Å². The molecule has 9 heteroatoms. The summed E-state index contributed by atoms with van der Waals surface area (Å²) in [7, 11) is 0. The fourth-order valence-electron chi connectivity index (χ4n) is 1.75. The van der Waals surface area contributed by atoms with Crippen molar-refractivity contribution in [3.05, 3.63) is 35.6 Å². The van der Waals surface area contributed by atoms with Crippen LogP contribution in [0.3, 0.4) is 0 Å². The maximum absolute atomic E-state index is 10.7. The predicted molar refractivity (Wildman–Crippen MR) is 77.8 cm³/mol. The van der Waals surface area contributed by atoms with Gasteiger partial charge in [-0.25, -0.2) is 9.97 Å². The van der Waals surface area contributed by atoms with Crippen LogP contribution in [0.15, 0.2) is 35.6 Å². The fraction of sp³-hybridized carbons (Fsp3) is 0.0833. The standard InChI is InChI=1S/C12H8ClN5O2S/c13-7-2-1-3-8(4-7)18-11-10(16-17-18)12(15-6-14-11)21-5-9(19)20/h1-4,6H,5H2,(H,19,20). The van der Waals surface area contributed by atoms with Gasteiger partial charge in [-0.1, -0.05) is 34.6 Å². The number of fused-ring (bicyclic) bond motifs is 1. The first kappa shape index (κ1) is 13.8. The second kappa shape index (κ2) is 5.66. The van der Waals surface area contributed by atoms with Crippen molar-refractivity contribution in [2.45, 2.75) is 5.03 Å². The van der Waals surface area contributed by atoms with Crippen molar-refractivity contribution in [2.75, 3.05) is 5.75 Å². The Bertz CT molecular complexity index is 822. The SMILES string of the molecule is O=C(O)CSc1ncnc2c1nnn2-c1cccc(Cl)c1. The van der Waals surface area contributed by atoms with Crippen molar-refractivity contribution in [3.8, 4) is 5.69 Å². The van der Waals surface area contributed by atoms with Crippen LogP contribution in [0.4, 0.5) is 0 Å². The minimum atomic E-state index is -0.922. The molecule has 0 atom stereocenters. The third kappa shape index (κ3) is 2.81. The van der Waals surface area contributed by atoms with Gasteiger partial charge in [-0.05, 0) is 18.2 Å². The molecular weight excluding hydrogens is 314 g/mol. The number of nitrogens with zero attached hydrogens (tertiary/aromatic N) is 5. The molecule has 0 spiro atoms. The quantitative estimate of drug-likeness (QED) is 0.580. The molecule has 106 valence electrons. The molecule has 0 aliphatic carbocycles. The Kier molecular flexibility index (Phi) is 3.72. The number of aliphatic carboxylic acids is 1.